The van der Waals surface area contributed by atoms with E-state index in [0.29, 0.717) is 12.6 Å². The summed E-state index contributed by atoms with van der Waals surface area (Å²) in [6.45, 7) is 7.39. The molecule has 0 radical (unpaired) electrons. The number of nitrogens with zero attached hydrogens (tertiary/aromatic N) is 1. The molecule has 20 heavy (non-hydrogen) atoms. The van der Waals surface area contributed by atoms with Gasteiger partial charge in [-0.25, -0.2) is 0 Å². The highest BCUT2D eigenvalue weighted by Crippen LogP contribution is 2.27. The van der Waals surface area contributed by atoms with Crippen molar-refractivity contribution in [2.24, 2.45) is 5.73 Å². The minimum absolute atomic E-state index is 0.0139. The first kappa shape index (κ1) is 16.8. The van der Waals surface area contributed by atoms with Crippen LogP contribution < -0.4 is 10.5 Å². The first-order valence-corrected chi connectivity index (χ1v) is 6.60. The van der Waals surface area contributed by atoms with E-state index in [1.54, 1.807) is 12.1 Å². The fourth-order valence-electron chi connectivity index (χ4n) is 2.30. The SMILES string of the molecule is CCN(C(C)C)C(CN)c1ccc(OC(F)(F)F)cc1. The average molecular weight is 290 g/mol. The fraction of sp³-hybridized carbons (Fsp3) is 0.571. The van der Waals surface area contributed by atoms with Gasteiger partial charge in [-0.15, -0.1) is 13.2 Å². The molecule has 3 nitrogen and oxygen atoms in total. The zero-order valence-electron chi connectivity index (χ0n) is 11.9. The largest absolute Gasteiger partial charge is 0.573 e. The number of rotatable bonds is 6. The monoisotopic (exact) mass is 290 g/mol. The van der Waals surface area contributed by atoms with Gasteiger partial charge >= 0.3 is 6.36 Å². The molecule has 0 aromatic heterocycles. The molecule has 0 bridgehead atoms. The molecule has 0 spiro atoms. The van der Waals surface area contributed by atoms with Gasteiger partial charge in [0.15, 0.2) is 0 Å². The molecule has 1 aromatic rings. The van der Waals surface area contributed by atoms with Crippen molar-refractivity contribution < 1.29 is 17.9 Å². The average Bonchev–Trinajstić information content (AvgIpc) is 2.34. The van der Waals surface area contributed by atoms with Crippen molar-refractivity contribution in [3.05, 3.63) is 29.8 Å². The van der Waals surface area contributed by atoms with Crippen LogP contribution in [0, 0.1) is 0 Å². The molecule has 0 aliphatic heterocycles. The van der Waals surface area contributed by atoms with Gasteiger partial charge in [-0.1, -0.05) is 19.1 Å². The molecule has 2 N–H and O–H groups in total. The Labute approximate surface area is 117 Å². The van der Waals surface area contributed by atoms with Crippen molar-refractivity contribution in [3.8, 4) is 5.75 Å². The normalized spacial score (nSPS) is 13.8. The Hall–Kier alpha value is -1.27. The highest BCUT2D eigenvalue weighted by atomic mass is 19.4. The number of alkyl halides is 3. The number of ether oxygens (including phenoxy) is 1. The topological polar surface area (TPSA) is 38.5 Å². The van der Waals surface area contributed by atoms with E-state index in [1.807, 2.05) is 6.92 Å². The minimum Gasteiger partial charge on any atom is -0.406 e. The maximum Gasteiger partial charge on any atom is 0.573 e. The predicted octanol–water partition coefficient (Wildman–Crippen LogP) is 3.32. The lowest BCUT2D eigenvalue weighted by Gasteiger charge is -2.33. The molecule has 0 amide bonds. The molecule has 0 saturated heterocycles. The van der Waals surface area contributed by atoms with Crippen LogP contribution in [0.4, 0.5) is 13.2 Å². The van der Waals surface area contributed by atoms with Crippen LogP contribution in [-0.4, -0.2) is 30.4 Å². The summed E-state index contributed by atoms with van der Waals surface area (Å²) in [4.78, 5) is 2.19. The molecular weight excluding hydrogens is 269 g/mol. The zero-order chi connectivity index (χ0) is 15.3. The number of halogens is 3. The Morgan fingerprint density at radius 1 is 1.20 bits per heavy atom. The Morgan fingerprint density at radius 2 is 1.75 bits per heavy atom. The smallest absolute Gasteiger partial charge is 0.406 e. The minimum atomic E-state index is -4.66. The Bertz CT molecular complexity index is 404. The summed E-state index contributed by atoms with van der Waals surface area (Å²) in [5.41, 5.74) is 6.69. The Balaban J connectivity index is 2.89. The van der Waals surface area contributed by atoms with E-state index in [9.17, 15) is 13.2 Å². The highest BCUT2D eigenvalue weighted by molar-refractivity contribution is 5.29. The molecule has 0 fully saturated rings. The first-order chi connectivity index (χ1) is 9.28. The van der Waals surface area contributed by atoms with Crippen LogP contribution in [0.3, 0.4) is 0 Å². The quantitative estimate of drug-likeness (QED) is 0.873. The molecule has 0 aliphatic carbocycles. The predicted molar refractivity (Wildman–Crippen MR) is 72.4 cm³/mol. The summed E-state index contributed by atoms with van der Waals surface area (Å²) < 4.78 is 40.2. The third kappa shape index (κ3) is 4.68. The van der Waals surface area contributed by atoms with Crippen LogP contribution in [-0.2, 0) is 0 Å². The second-order valence-electron chi connectivity index (χ2n) is 4.79. The third-order valence-corrected chi connectivity index (χ3v) is 3.15. The first-order valence-electron chi connectivity index (χ1n) is 6.60. The van der Waals surface area contributed by atoms with Crippen LogP contribution in [0.2, 0.25) is 0 Å². The van der Waals surface area contributed by atoms with Crippen molar-refractivity contribution in [1.29, 1.82) is 0 Å². The lowest BCUT2D eigenvalue weighted by molar-refractivity contribution is -0.274. The maximum atomic E-state index is 12.1. The van der Waals surface area contributed by atoms with Gasteiger partial charge in [0, 0.05) is 18.6 Å². The Morgan fingerprint density at radius 3 is 2.10 bits per heavy atom. The fourth-order valence-corrected chi connectivity index (χ4v) is 2.30. The van der Waals surface area contributed by atoms with E-state index in [1.165, 1.54) is 12.1 Å². The molecule has 1 atom stereocenters. The molecule has 0 heterocycles. The van der Waals surface area contributed by atoms with E-state index in [0.717, 1.165) is 12.1 Å². The van der Waals surface area contributed by atoms with E-state index in [-0.39, 0.29) is 11.8 Å². The summed E-state index contributed by atoms with van der Waals surface area (Å²) in [7, 11) is 0. The van der Waals surface area contributed by atoms with Crippen LogP contribution >= 0.6 is 0 Å². The van der Waals surface area contributed by atoms with Crippen molar-refractivity contribution in [1.82, 2.24) is 4.90 Å². The molecule has 1 unspecified atom stereocenters. The van der Waals surface area contributed by atoms with Gasteiger partial charge in [0.1, 0.15) is 5.75 Å². The lowest BCUT2D eigenvalue weighted by atomic mass is 10.0. The molecule has 1 rings (SSSR count). The van der Waals surface area contributed by atoms with Crippen molar-refractivity contribution >= 4 is 0 Å². The molecule has 114 valence electrons. The van der Waals surface area contributed by atoms with Gasteiger partial charge in [-0.2, -0.15) is 0 Å². The summed E-state index contributed by atoms with van der Waals surface area (Å²) in [5, 5.41) is 0. The summed E-state index contributed by atoms with van der Waals surface area (Å²) in [5.74, 6) is -0.218. The van der Waals surface area contributed by atoms with Gasteiger partial charge in [-0.05, 0) is 38.1 Å². The second kappa shape index (κ2) is 6.95. The van der Waals surface area contributed by atoms with Gasteiger partial charge in [0.2, 0.25) is 0 Å². The van der Waals surface area contributed by atoms with Gasteiger partial charge in [0.25, 0.3) is 0 Å². The lowest BCUT2D eigenvalue weighted by Crippen LogP contribution is -2.38. The number of likely N-dealkylation sites (N-methyl/N-ethyl adjacent to an activating group) is 1. The molecular formula is C14H21F3N2O. The van der Waals surface area contributed by atoms with Crippen LogP contribution in [0.15, 0.2) is 24.3 Å². The molecule has 1 aromatic carbocycles. The molecule has 0 aliphatic rings. The summed E-state index contributed by atoms with van der Waals surface area (Å²) in [6.07, 6.45) is -4.66. The Kier molecular flexibility index (Phi) is 5.83. The zero-order valence-corrected chi connectivity index (χ0v) is 11.9. The van der Waals surface area contributed by atoms with Crippen LogP contribution in [0.25, 0.3) is 0 Å². The van der Waals surface area contributed by atoms with Gasteiger partial charge in [0.05, 0.1) is 0 Å². The number of hydrogen-bond acceptors (Lipinski definition) is 3. The number of nitrogens with two attached hydrogens (primary N) is 1. The van der Waals surface area contributed by atoms with E-state index < -0.39 is 6.36 Å². The third-order valence-electron chi connectivity index (χ3n) is 3.15. The van der Waals surface area contributed by atoms with Crippen LogP contribution in [0.5, 0.6) is 5.75 Å². The number of benzene rings is 1. The van der Waals surface area contributed by atoms with E-state index in [4.69, 9.17) is 5.73 Å². The standard InChI is InChI=1S/C14H21F3N2O/c1-4-19(10(2)3)13(9-18)11-5-7-12(8-6-11)20-14(15,16)17/h5-8,10,13H,4,9,18H2,1-3H3. The van der Waals surface area contributed by atoms with E-state index in [2.05, 4.69) is 23.5 Å². The van der Waals surface area contributed by atoms with Crippen LogP contribution in [0.1, 0.15) is 32.4 Å². The number of hydrogen-bond donors (Lipinski definition) is 1. The van der Waals surface area contributed by atoms with Gasteiger partial charge in [-0.3, -0.25) is 4.90 Å². The summed E-state index contributed by atoms with van der Waals surface area (Å²) >= 11 is 0. The maximum absolute atomic E-state index is 12.1. The van der Waals surface area contributed by atoms with Crippen molar-refractivity contribution in [2.75, 3.05) is 13.1 Å². The van der Waals surface area contributed by atoms with E-state index >= 15 is 0 Å². The van der Waals surface area contributed by atoms with Gasteiger partial charge < -0.3 is 10.5 Å². The van der Waals surface area contributed by atoms with Crippen molar-refractivity contribution in [2.45, 2.75) is 39.2 Å². The van der Waals surface area contributed by atoms with Crippen molar-refractivity contribution in [3.63, 3.8) is 0 Å². The second-order valence-corrected chi connectivity index (χ2v) is 4.79. The summed E-state index contributed by atoms with van der Waals surface area (Å²) in [6, 6.07) is 6.19. The molecule has 0 saturated carbocycles. The highest BCUT2D eigenvalue weighted by Gasteiger charge is 2.31. The molecule has 6 heteroatoms.